The number of rotatable bonds is 24. The molecule has 0 N–H and O–H groups in total. The van der Waals surface area contributed by atoms with Crippen molar-refractivity contribution < 1.29 is 0 Å². The Hall–Kier alpha value is 0.137. The molecule has 0 saturated heterocycles. The Balaban J connectivity index is 1.32. The number of benzene rings is 2. The zero-order chi connectivity index (χ0) is 38.3. The minimum atomic E-state index is -2.30. The summed E-state index contributed by atoms with van der Waals surface area (Å²) in [5.74, 6) is 0. The van der Waals surface area contributed by atoms with Gasteiger partial charge in [-0.2, -0.15) is 0 Å². The Morgan fingerprint density at radius 3 is 0.981 bits per heavy atom. The number of unbranched alkanes of at least 4 members (excludes halogenated alkanes) is 18. The van der Waals surface area contributed by atoms with Gasteiger partial charge in [-0.1, -0.05) is 78.1 Å². The molecule has 0 aliphatic carbocycles. The Bertz CT molecular complexity index is 1940. The molecule has 0 saturated carbocycles. The summed E-state index contributed by atoms with van der Waals surface area (Å²) in [7, 11) is 0. The molecular weight excluding hydrogens is 942 g/mol. The molecule has 2 aromatic carbocycles. The first-order valence-corrected chi connectivity index (χ1v) is 45.6. The van der Waals surface area contributed by atoms with Gasteiger partial charge in [0.05, 0.1) is 0 Å². The molecule has 0 aliphatic rings. The fourth-order valence-electron chi connectivity index (χ4n) is 8.45. The van der Waals surface area contributed by atoms with Gasteiger partial charge in [-0.05, 0) is 0 Å². The van der Waals surface area contributed by atoms with Gasteiger partial charge in [0, 0.05) is 0 Å². The Morgan fingerprint density at radius 1 is 0.352 bits per heavy atom. The molecule has 4 heterocycles. The van der Waals surface area contributed by atoms with Gasteiger partial charge in [0.25, 0.3) is 0 Å². The van der Waals surface area contributed by atoms with Crippen molar-refractivity contribution in [3.63, 3.8) is 0 Å². The first-order chi connectivity index (χ1) is 26.0. The average molecular weight is 1010 g/mol. The van der Waals surface area contributed by atoms with Crippen LogP contribution >= 0.6 is 45.3 Å². The van der Waals surface area contributed by atoms with Crippen LogP contribution in [0.4, 0.5) is 0 Å². The molecule has 0 radical (unpaired) electrons. The van der Waals surface area contributed by atoms with Crippen molar-refractivity contribution in [1.29, 1.82) is 0 Å². The van der Waals surface area contributed by atoms with Crippen LogP contribution in [0.5, 0.6) is 0 Å². The van der Waals surface area contributed by atoms with Gasteiger partial charge in [0.15, 0.2) is 0 Å². The van der Waals surface area contributed by atoms with E-state index in [1.165, 1.54) is 141 Å². The molecule has 6 heteroatoms. The first-order valence-electron chi connectivity index (χ1n) is 22.3. The maximum absolute atomic E-state index is 2.71. The third-order valence-electron chi connectivity index (χ3n) is 11.8. The van der Waals surface area contributed by atoms with Gasteiger partial charge < -0.3 is 0 Å². The molecule has 296 valence electrons. The molecule has 0 bridgehead atoms. The van der Waals surface area contributed by atoms with Crippen LogP contribution in [0.3, 0.4) is 0 Å². The van der Waals surface area contributed by atoms with Gasteiger partial charge in [0.2, 0.25) is 0 Å². The van der Waals surface area contributed by atoms with Crippen molar-refractivity contribution in [1.82, 2.24) is 0 Å². The maximum atomic E-state index is 2.71. The fraction of sp³-hybridized carbons (Fsp3) is 0.625. The van der Waals surface area contributed by atoms with Crippen molar-refractivity contribution >= 4 is 139 Å². The molecule has 4 aromatic heterocycles. The number of hydrogen-bond donors (Lipinski definition) is 0. The van der Waals surface area contributed by atoms with Crippen molar-refractivity contribution in [2.45, 2.75) is 185 Å². The predicted molar refractivity (Wildman–Crippen MR) is 263 cm³/mol. The standard InChI is InChI=1S/C42H54S4.6CH3.2Sn/c1-3-5-7-9-11-13-15-17-19-21-23-31-29-35-39-34(26-27-43-39)38-37(41(35)45-31)33-25-28-44-40(33)36-30-32(46-42(36)38)24-22-20-18-16-14-12-10-8-6-4-2;;;;;;;;/h25-26,29-30H,3-24H2,1-2H3;6*1H3;;. The van der Waals surface area contributed by atoms with E-state index in [9.17, 15) is 0 Å². The predicted octanol–water partition coefficient (Wildman–Crippen LogP) is 17.7. The van der Waals surface area contributed by atoms with E-state index in [0.717, 1.165) is 0 Å². The van der Waals surface area contributed by atoms with Crippen molar-refractivity contribution in [3.05, 3.63) is 34.0 Å². The van der Waals surface area contributed by atoms with Crippen molar-refractivity contribution in [2.24, 2.45) is 0 Å². The topological polar surface area (TPSA) is 0 Å². The molecule has 6 aromatic rings. The molecule has 0 nitrogen and oxygen atoms in total. The van der Waals surface area contributed by atoms with E-state index < -0.39 is 36.8 Å². The number of fused-ring (bicyclic) bond motifs is 11. The SMILES string of the molecule is CCCCCCCCCCCCc1cc2c3s[c]([Sn]([CH3])([CH3])[CH3])cc3c3c4sc(CCCCCCCCCCCC)cc4c4s[c]([Sn]([CH3])([CH3])[CH3])cc4c3c2s1. The van der Waals surface area contributed by atoms with E-state index >= 15 is 0 Å². The summed E-state index contributed by atoms with van der Waals surface area (Å²) < 4.78 is 9.87. The van der Waals surface area contributed by atoms with Crippen LogP contribution in [-0.4, -0.2) is 36.8 Å². The van der Waals surface area contributed by atoms with Crippen molar-refractivity contribution in [2.75, 3.05) is 0 Å². The van der Waals surface area contributed by atoms with E-state index in [1.807, 2.05) is 0 Å². The second-order valence-electron chi connectivity index (χ2n) is 18.7. The van der Waals surface area contributed by atoms with Gasteiger partial charge in [0.1, 0.15) is 0 Å². The zero-order valence-corrected chi connectivity index (χ0v) is 44.5. The third kappa shape index (κ3) is 10.8. The van der Waals surface area contributed by atoms with Crippen molar-refractivity contribution in [3.8, 4) is 0 Å². The molecule has 0 fully saturated rings. The first kappa shape index (κ1) is 43.7. The van der Waals surface area contributed by atoms with E-state index in [-0.39, 0.29) is 0 Å². The Kier molecular flexibility index (Phi) is 16.5. The van der Waals surface area contributed by atoms with E-state index in [2.05, 4.69) is 113 Å². The van der Waals surface area contributed by atoms with Gasteiger partial charge in [-0.3, -0.25) is 0 Å². The molecule has 54 heavy (non-hydrogen) atoms. The van der Waals surface area contributed by atoms with Crippen LogP contribution in [0.15, 0.2) is 24.3 Å². The van der Waals surface area contributed by atoms with E-state index in [0.29, 0.717) is 0 Å². The zero-order valence-electron chi connectivity index (χ0n) is 35.5. The quantitative estimate of drug-likeness (QED) is 0.0419. The fourth-order valence-corrected chi connectivity index (χ4v) is 23.9. The van der Waals surface area contributed by atoms with Crippen LogP contribution in [0.2, 0.25) is 29.6 Å². The van der Waals surface area contributed by atoms with Crippen LogP contribution < -0.4 is 5.79 Å². The Morgan fingerprint density at radius 2 is 0.667 bits per heavy atom. The molecule has 0 amide bonds. The average Bonchev–Trinajstić information content (AvgIpc) is 3.93. The number of hydrogen-bond acceptors (Lipinski definition) is 4. The van der Waals surface area contributed by atoms with Gasteiger partial charge in [-0.15, -0.1) is 0 Å². The van der Waals surface area contributed by atoms with E-state index in [1.54, 1.807) is 66.7 Å². The second-order valence-corrected chi connectivity index (χ2v) is 53.9. The summed E-state index contributed by atoms with van der Waals surface area (Å²) in [6.45, 7) is 4.64. The summed E-state index contributed by atoms with van der Waals surface area (Å²) >= 11 is 4.09. The van der Waals surface area contributed by atoms with Crippen LogP contribution in [-0.2, 0) is 12.8 Å². The number of aryl methyl sites for hydroxylation is 2. The molecule has 0 aliphatic heterocycles. The van der Waals surface area contributed by atoms with Gasteiger partial charge >= 0.3 is 280 Å². The third-order valence-corrected chi connectivity index (χ3v) is 35.4. The van der Waals surface area contributed by atoms with Crippen LogP contribution in [0.1, 0.15) is 152 Å². The monoisotopic (exact) mass is 1020 g/mol. The molecule has 0 atom stereocenters. The number of thiophene rings is 4. The Labute approximate surface area is 354 Å². The molecular formula is C48H72S4Sn2. The van der Waals surface area contributed by atoms with Gasteiger partial charge in [-0.25, -0.2) is 0 Å². The summed E-state index contributed by atoms with van der Waals surface area (Å²) in [5, 5.41) is 9.53. The van der Waals surface area contributed by atoms with Crippen LogP contribution in [0, 0.1) is 0 Å². The minimum absolute atomic E-state index is 1.25. The summed E-state index contributed by atoms with van der Waals surface area (Å²) in [6, 6.07) is 10.7. The normalized spacial score (nSPS) is 13.0. The summed E-state index contributed by atoms with van der Waals surface area (Å²) in [4.78, 5) is 19.0. The van der Waals surface area contributed by atoms with Crippen LogP contribution in [0.25, 0.3) is 51.1 Å². The molecule has 0 spiro atoms. The second kappa shape index (κ2) is 20.4. The summed E-state index contributed by atoms with van der Waals surface area (Å²) in [5.41, 5.74) is 0. The molecule has 0 unspecified atom stereocenters. The van der Waals surface area contributed by atoms with E-state index in [4.69, 9.17) is 0 Å². The molecule has 6 rings (SSSR count). The summed E-state index contributed by atoms with van der Waals surface area (Å²) in [6.07, 6.45) is 30.7.